The lowest BCUT2D eigenvalue weighted by molar-refractivity contribution is -0.127. The molecule has 143 heavy (non-hydrogen) atoms. The molecule has 0 aliphatic carbocycles. The molecule has 1 aromatic rings. The number of carbonyl (C=O) groups is 4. The second-order valence-corrected chi connectivity index (χ2v) is 82.6. The molecular weight excluding hydrogens is 2400 g/mol. The normalized spacial score (nSPS) is 15.9. The largest absolute Gasteiger partial charge is 0.443 e. The number of hydrogen-bond acceptors (Lipinski definition) is 43. The van der Waals surface area contributed by atoms with Gasteiger partial charge in [0.15, 0.2) is 5.85 Å². The van der Waals surface area contributed by atoms with E-state index in [0.717, 1.165) is 84.1 Å². The monoisotopic (exact) mass is 2560 g/mol. The van der Waals surface area contributed by atoms with E-state index in [4.69, 9.17) is 151 Å². The lowest BCUT2D eigenvalue weighted by atomic mass is 10.2. The van der Waals surface area contributed by atoms with E-state index in [0.29, 0.717) is 101 Å². The first-order valence-corrected chi connectivity index (χ1v) is 81.9. The first-order chi connectivity index (χ1) is 66.0. The Bertz CT molecular complexity index is 4080. The number of aryl methyl sites for hydroxylation is 1. The van der Waals surface area contributed by atoms with Gasteiger partial charge in [0.1, 0.15) is 64.9 Å². The highest BCUT2D eigenvalue weighted by Gasteiger charge is 2.46. The number of hydrogen-bond donors (Lipinski definition) is 7. The average Bonchev–Trinajstić information content (AvgIpc) is 1.66. The number of aliphatic hydroxyl groups is 6. The third-order valence-corrected chi connectivity index (χ3v) is 64.1. The molecule has 1 aliphatic rings. The van der Waals surface area contributed by atoms with Crippen molar-refractivity contribution in [1.29, 1.82) is 0 Å². The van der Waals surface area contributed by atoms with E-state index in [1.165, 1.54) is 123 Å². The summed E-state index contributed by atoms with van der Waals surface area (Å²) in [4.78, 5) is 49.9. The topological polar surface area (TPSA) is 490 Å². The number of thioether (sulfide) groups is 3. The Morgan fingerprint density at radius 2 is 0.965 bits per heavy atom. The Hall–Kier alpha value is 3.56. The molecule has 1 fully saturated rings. The lowest BCUT2D eigenvalue weighted by Crippen LogP contribution is -2.31. The molecule has 1 saturated heterocycles. The number of alkyl halides is 3. The fourth-order valence-electron chi connectivity index (χ4n) is 8.66. The summed E-state index contributed by atoms with van der Waals surface area (Å²) in [5.41, 5.74) is 4.06. The van der Waals surface area contributed by atoms with Crippen LogP contribution in [0.15, 0.2) is 44.7 Å². The lowest BCUT2D eigenvalue weighted by Gasteiger charge is -2.27. The summed E-state index contributed by atoms with van der Waals surface area (Å²) in [7, 11) is -10.1. The smallest absolute Gasteiger partial charge is 0.379 e. The van der Waals surface area contributed by atoms with Crippen LogP contribution in [0.5, 0.6) is 5.75 Å². The summed E-state index contributed by atoms with van der Waals surface area (Å²) in [6, 6.07) is 5.75. The minimum absolute atomic E-state index is 0.0324. The second kappa shape index (κ2) is 88.3. The summed E-state index contributed by atoms with van der Waals surface area (Å²) >= 11 is 48.7. The van der Waals surface area contributed by atoms with Crippen LogP contribution in [0.3, 0.4) is 0 Å². The van der Waals surface area contributed by atoms with Crippen molar-refractivity contribution in [2.45, 2.75) is 254 Å². The quantitative estimate of drug-likeness (QED) is 0.00795. The van der Waals surface area contributed by atoms with E-state index in [9.17, 15) is 60.3 Å². The third-order valence-electron chi connectivity index (χ3n) is 16.5. The molecule has 1 aromatic carbocycles. The van der Waals surface area contributed by atoms with Gasteiger partial charge >= 0.3 is 32.6 Å². The van der Waals surface area contributed by atoms with Crippen molar-refractivity contribution in [1.82, 2.24) is 14.5 Å². The van der Waals surface area contributed by atoms with Crippen molar-refractivity contribution in [2.24, 2.45) is 11.4 Å². The average molecular weight is 2570 g/mol. The Morgan fingerprint density at radius 3 is 1.22 bits per heavy atom. The van der Waals surface area contributed by atoms with Gasteiger partial charge in [0.05, 0.1) is 52.0 Å². The number of nitrogens with zero attached hydrogens (tertiary/aromatic N) is 3. The molecule has 0 spiro atoms. The molecule has 35 nitrogen and oxygen atoms in total. The number of Topliss-reactive ketones (excluding diaryl/α,β-unsaturated/α-hetero) is 1. The van der Waals surface area contributed by atoms with Gasteiger partial charge in [0.2, 0.25) is 9.49 Å². The number of aliphatic hydroxyl groups excluding tert-OH is 6. The van der Waals surface area contributed by atoms with Crippen molar-refractivity contribution in [2.75, 3.05) is 179 Å². The number of amides is 3. The molecular formula is C81H169Cl5N4O31P10S12. The number of likely N-dealkylation sites (N-methyl/N-ethyl adjacent to an activating group) is 2. The Balaban J connectivity index is -0.000000238. The van der Waals surface area contributed by atoms with Gasteiger partial charge < -0.3 is 94.7 Å². The fourth-order valence-corrected chi connectivity index (χ4v) is 48.8. The molecule has 0 aromatic heterocycles. The molecule has 856 valence electrons. The number of benzene rings is 1. The summed E-state index contributed by atoms with van der Waals surface area (Å²) in [6.07, 6.45) is 6.76. The maximum Gasteiger partial charge on any atom is 0.379 e. The van der Waals surface area contributed by atoms with Gasteiger partial charge in [-0.15, -0.1) is 23.5 Å². The van der Waals surface area contributed by atoms with Gasteiger partial charge in [-0.2, -0.15) is 0 Å². The zero-order valence-electron chi connectivity index (χ0n) is 89.3. The molecule has 1 aliphatic heterocycles. The number of allylic oxidation sites excluding steroid dienone is 2. The van der Waals surface area contributed by atoms with Gasteiger partial charge in [-0.3, -0.25) is 65.9 Å². The first-order valence-electron chi connectivity index (χ1n) is 45.3. The van der Waals surface area contributed by atoms with Crippen LogP contribution < -0.4 is 10.0 Å². The van der Waals surface area contributed by atoms with E-state index < -0.39 is 120 Å². The molecule has 2 rings (SSSR count). The Morgan fingerprint density at radius 1 is 0.566 bits per heavy atom. The molecule has 9 atom stereocenters. The van der Waals surface area contributed by atoms with E-state index in [-0.39, 0.29) is 54.7 Å². The zero-order valence-corrected chi connectivity index (χ0v) is 112. The number of carbonyl (C=O) groups excluding carboxylic acids is 4. The maximum atomic E-state index is 12.6. The predicted octanol–water partition coefficient (Wildman–Crippen LogP) is 30.4. The molecule has 0 radical (unpaired) electrons. The van der Waals surface area contributed by atoms with Crippen LogP contribution in [0.4, 0.5) is 4.79 Å². The number of rotatable bonds is 59. The van der Waals surface area contributed by atoms with E-state index in [1.54, 1.807) is 70.3 Å². The zero-order chi connectivity index (χ0) is 113. The van der Waals surface area contributed by atoms with Crippen LogP contribution in [0.25, 0.3) is 0 Å². The van der Waals surface area contributed by atoms with E-state index >= 15 is 0 Å². The molecule has 1 heterocycles. The van der Waals surface area contributed by atoms with Crippen molar-refractivity contribution in [3.8, 4) is 5.75 Å². The summed E-state index contributed by atoms with van der Waals surface area (Å²) in [5.74, 6) is -4.46. The van der Waals surface area contributed by atoms with Gasteiger partial charge in [-0.1, -0.05) is 239 Å². The predicted molar refractivity (Wildman–Crippen MR) is 632 cm³/mol. The Labute approximate surface area is 932 Å². The van der Waals surface area contributed by atoms with Crippen LogP contribution in [-0.4, -0.2) is 277 Å². The second-order valence-electron chi connectivity index (χ2n) is 29.9. The molecule has 62 heteroatoms. The number of halogens is 5. The van der Waals surface area contributed by atoms with Crippen LogP contribution in [0, 0.1) is 12.8 Å². The van der Waals surface area contributed by atoms with Crippen molar-refractivity contribution in [3.63, 3.8) is 0 Å². The Kier molecular flexibility index (Phi) is 99.9. The first kappa shape index (κ1) is 162. The number of ketones is 1. The molecule has 8 N–H and O–H groups in total. The molecule has 0 bridgehead atoms. The maximum absolute atomic E-state index is 12.6. The minimum Gasteiger partial charge on any atom is -0.443 e. The summed E-state index contributed by atoms with van der Waals surface area (Å²) in [5, 5.41) is 54.6. The molecule has 0 saturated carbocycles. The summed E-state index contributed by atoms with van der Waals surface area (Å²) < 4.78 is 167. The van der Waals surface area contributed by atoms with E-state index in [2.05, 4.69) is 71.4 Å². The highest BCUT2D eigenvalue weighted by atomic mass is 35.6. The molecule has 3 amide bonds. The van der Waals surface area contributed by atoms with Gasteiger partial charge in [0.25, 0.3) is 45.7 Å². The molecule has 9 unspecified atom stereocenters. The minimum atomic E-state index is -3.68. The number of nitrogens with two attached hydrogens (primary N) is 1. The van der Waals surface area contributed by atoms with Crippen molar-refractivity contribution >= 4 is 286 Å². The van der Waals surface area contributed by atoms with Crippen LogP contribution in [-0.2, 0) is 117 Å². The van der Waals surface area contributed by atoms with E-state index in [1.807, 2.05) is 105 Å². The van der Waals surface area contributed by atoms with Gasteiger partial charge in [-0.05, 0) is 201 Å². The van der Waals surface area contributed by atoms with Crippen LogP contribution in [0.1, 0.15) is 218 Å². The SMILES string of the molecule is CCCSP(=O)(OCC)SCCC.CCN(CC)C(=O)/C(Cl)=C(/C)OP(=O)(CO)CO.CCN(CC)C(=O)/C(Cl)=C(\C)OP(=O)(CO)CO.CCOP(=O)(CC(C)C)Oc1ccc(SC)c(C)c1.CCOP(=O)(SC(C)CC)N1CCSC1=O.CCOP(=O)(SC(C)CC)SC(C)CC.CCOP(=S)(OCC)SCSC(C)(C)C.COP(=O)(CC(C)=O)SC.COP(=O)(CO)C(O)C(Cl)(Cl)Cl.COP(N)(=O)SC. The van der Waals surface area contributed by atoms with Crippen LogP contribution >= 0.6 is 251 Å². The van der Waals surface area contributed by atoms with Gasteiger partial charge in [0, 0.05) is 102 Å². The highest BCUT2D eigenvalue weighted by Crippen LogP contribution is 2.73. The summed E-state index contributed by atoms with van der Waals surface area (Å²) in [6.45, 7) is 49.1. The van der Waals surface area contributed by atoms with Crippen molar-refractivity contribution < 1.29 is 145 Å². The van der Waals surface area contributed by atoms with Crippen molar-refractivity contribution in [3.05, 3.63) is 45.3 Å². The highest BCUT2D eigenvalue weighted by molar-refractivity contribution is 8.89. The van der Waals surface area contributed by atoms with Crippen LogP contribution in [0.2, 0.25) is 0 Å². The van der Waals surface area contributed by atoms with Gasteiger partial charge in [-0.25, -0.2) is 4.57 Å². The standard InChI is InChI=1S/C14H23O3PS.2C10H19ClNO5P.C10H23O2PS2.C9H18NO3PS2.C9H21O2PS3.C8H19O2PS2.C5H11O3PS.C4H8Cl3O4P.C2H8NO2PS/c1-6-16-18(15,10-11(2)3)17-13-7-8-14(19-5)12(4)9-13;2*1-4-12(5-2)10(15)9(11)8(3)17-18(16,6-13)7-14;1-6-9(4)14-13(11,12-8-3)15-10(5)7-2;1-4-8(3)16-14(12,13-5-2)10-6-7-15-9(10)11;1-6-10-12(13,11-7-2)15-8-14-9(3,4)5;1-4-7-12-11(9,10-6-3)13-8-5-2;1-5(6)4-9(7,8-2)10-3;1-11-12(10,2-8)3(9)4(5,6)7;1-5-6(3,4)7-2/h7-9,11H,6,10H2,1-5H3;2*13-14H,4-7H2,1-3H3;9-10H,6-8H2,1-5H3;8H,4-7H2,1-3H3;6-8H2,1-5H3;4-8H2,1-3H3;4H2,1-3H3;3,8-9H,2H2,1H3;1-2H3,(H2,3,4)/b;9-8+;9-8-;;;;;;;. The third kappa shape index (κ3) is 77.6. The fraction of sp³-hybridized carbons (Fsp3) is 0.827.